The summed E-state index contributed by atoms with van der Waals surface area (Å²) in [6.45, 7) is 0. The van der Waals surface area contributed by atoms with Crippen molar-refractivity contribution >= 4 is 17.3 Å². The summed E-state index contributed by atoms with van der Waals surface area (Å²) in [6, 6.07) is 10.7. The summed E-state index contributed by atoms with van der Waals surface area (Å²) in [5.41, 5.74) is -0.779. The number of benzene rings is 2. The van der Waals surface area contributed by atoms with Crippen molar-refractivity contribution in [3.8, 4) is 0 Å². The van der Waals surface area contributed by atoms with Gasteiger partial charge >= 0.3 is 5.97 Å². The van der Waals surface area contributed by atoms with Gasteiger partial charge in [-0.2, -0.15) is 0 Å². The molecule has 0 aromatic heterocycles. The molecule has 0 aliphatic heterocycles. The Hall–Kier alpha value is -3.29. The largest absolute Gasteiger partial charge is 0.478 e. The molecular formula is C15H12N2O6. The molecule has 0 bridgehead atoms. The van der Waals surface area contributed by atoms with E-state index < -0.39 is 32.8 Å². The molecule has 8 nitrogen and oxygen atoms in total. The second-order valence-corrected chi connectivity index (χ2v) is 4.80. The Morgan fingerprint density at radius 1 is 0.957 bits per heavy atom. The predicted octanol–water partition coefficient (Wildman–Crippen LogP) is 2.99. The first-order valence-corrected chi connectivity index (χ1v) is 6.63. The molecule has 0 fully saturated rings. The molecule has 0 aliphatic rings. The number of carboxylic acid groups (broad SMARTS) is 1. The van der Waals surface area contributed by atoms with Gasteiger partial charge in [-0.05, 0) is 18.4 Å². The van der Waals surface area contributed by atoms with Crippen molar-refractivity contribution < 1.29 is 19.7 Å². The average Bonchev–Trinajstić information content (AvgIpc) is 2.52. The molecule has 2 aromatic carbocycles. The molecule has 1 N–H and O–H groups in total. The molecule has 0 saturated carbocycles. The minimum absolute atomic E-state index is 0.0660. The van der Waals surface area contributed by atoms with E-state index in [4.69, 9.17) is 5.11 Å². The summed E-state index contributed by atoms with van der Waals surface area (Å²) >= 11 is 0. The fourth-order valence-electron chi connectivity index (χ4n) is 2.26. The van der Waals surface area contributed by atoms with Gasteiger partial charge in [0.05, 0.1) is 15.4 Å². The number of nitrogens with zero attached hydrogens (tertiary/aromatic N) is 2. The van der Waals surface area contributed by atoms with Crippen LogP contribution in [0, 0.1) is 20.2 Å². The summed E-state index contributed by atoms with van der Waals surface area (Å²) in [7, 11) is 0. The lowest BCUT2D eigenvalue weighted by Gasteiger charge is -2.06. The number of hydrogen-bond acceptors (Lipinski definition) is 5. The maximum Gasteiger partial charge on any atom is 0.336 e. The summed E-state index contributed by atoms with van der Waals surface area (Å²) in [5, 5.41) is 31.3. The van der Waals surface area contributed by atoms with E-state index in [2.05, 4.69) is 0 Å². The number of hydrogen-bond donors (Lipinski definition) is 1. The monoisotopic (exact) mass is 316 g/mol. The Bertz CT molecular complexity index is 738. The zero-order valence-electron chi connectivity index (χ0n) is 11.8. The van der Waals surface area contributed by atoms with E-state index in [9.17, 15) is 25.0 Å². The van der Waals surface area contributed by atoms with E-state index in [-0.39, 0.29) is 12.0 Å². The van der Waals surface area contributed by atoms with Crippen molar-refractivity contribution in [2.75, 3.05) is 0 Å². The lowest BCUT2D eigenvalue weighted by atomic mass is 9.99. The van der Waals surface area contributed by atoms with Gasteiger partial charge < -0.3 is 5.11 Å². The van der Waals surface area contributed by atoms with Crippen LogP contribution < -0.4 is 0 Å². The summed E-state index contributed by atoms with van der Waals surface area (Å²) < 4.78 is 0. The van der Waals surface area contributed by atoms with Crippen molar-refractivity contribution in [3.05, 3.63) is 79.4 Å². The molecular weight excluding hydrogens is 304 g/mol. The Kier molecular flexibility index (Phi) is 4.65. The minimum atomic E-state index is -1.45. The van der Waals surface area contributed by atoms with Gasteiger partial charge in [0.15, 0.2) is 0 Å². The zero-order chi connectivity index (χ0) is 17.0. The highest BCUT2D eigenvalue weighted by molar-refractivity contribution is 5.90. The fourth-order valence-corrected chi connectivity index (χ4v) is 2.26. The highest BCUT2D eigenvalue weighted by atomic mass is 16.6. The third-order valence-electron chi connectivity index (χ3n) is 3.35. The Morgan fingerprint density at radius 2 is 1.48 bits per heavy atom. The average molecular weight is 316 g/mol. The van der Waals surface area contributed by atoms with Gasteiger partial charge in [-0.3, -0.25) is 20.2 Å². The zero-order valence-corrected chi connectivity index (χ0v) is 11.8. The van der Waals surface area contributed by atoms with Crippen LogP contribution in [0.1, 0.15) is 21.5 Å². The molecule has 23 heavy (non-hydrogen) atoms. The number of rotatable bonds is 6. The molecule has 2 rings (SSSR count). The number of carboxylic acids is 1. The fraction of sp³-hybridized carbons (Fsp3) is 0.133. The quantitative estimate of drug-likeness (QED) is 0.645. The highest BCUT2D eigenvalue weighted by Crippen LogP contribution is 2.31. The number of nitro benzene ring substituents is 2. The second-order valence-electron chi connectivity index (χ2n) is 4.80. The molecule has 2 aromatic rings. The van der Waals surface area contributed by atoms with Gasteiger partial charge in [0.25, 0.3) is 11.4 Å². The van der Waals surface area contributed by atoms with Crippen molar-refractivity contribution in [2.45, 2.75) is 12.8 Å². The predicted molar refractivity (Wildman–Crippen MR) is 80.6 cm³/mol. The van der Waals surface area contributed by atoms with Crippen LogP contribution in [0.5, 0.6) is 0 Å². The first-order chi connectivity index (χ1) is 10.9. The van der Waals surface area contributed by atoms with Gasteiger partial charge in [-0.25, -0.2) is 4.79 Å². The highest BCUT2D eigenvalue weighted by Gasteiger charge is 2.27. The Morgan fingerprint density at radius 3 is 1.91 bits per heavy atom. The van der Waals surface area contributed by atoms with Crippen LogP contribution in [-0.2, 0) is 12.8 Å². The number of aromatic carboxylic acids is 1. The summed E-state index contributed by atoms with van der Waals surface area (Å²) in [5.74, 6) is -1.45. The molecule has 0 aliphatic carbocycles. The van der Waals surface area contributed by atoms with E-state index in [0.717, 1.165) is 17.7 Å². The van der Waals surface area contributed by atoms with Crippen molar-refractivity contribution in [3.63, 3.8) is 0 Å². The lowest BCUT2D eigenvalue weighted by Crippen LogP contribution is -2.07. The molecule has 118 valence electrons. The first-order valence-electron chi connectivity index (χ1n) is 6.63. The van der Waals surface area contributed by atoms with Gasteiger partial charge in [0, 0.05) is 12.1 Å². The van der Waals surface area contributed by atoms with E-state index in [1.165, 1.54) is 0 Å². The number of carbonyl (C=O) groups is 1. The standard InChI is InChI=1S/C15H12N2O6/c18-15(19)11-8-13(16(20)21)12(14(9-11)17(22)23)7-6-10-4-2-1-3-5-10/h1-5,8-9H,6-7H2,(H,18,19). The molecule has 0 spiro atoms. The normalized spacial score (nSPS) is 10.3. The Labute approximate surface area is 130 Å². The van der Waals surface area contributed by atoms with E-state index >= 15 is 0 Å². The topological polar surface area (TPSA) is 124 Å². The van der Waals surface area contributed by atoms with Crippen molar-refractivity contribution in [2.24, 2.45) is 0 Å². The minimum Gasteiger partial charge on any atom is -0.478 e. The maximum atomic E-state index is 11.2. The summed E-state index contributed by atoms with van der Waals surface area (Å²) in [6.07, 6.45) is 0.436. The third-order valence-corrected chi connectivity index (χ3v) is 3.35. The molecule has 0 amide bonds. The van der Waals surface area contributed by atoms with Crippen LogP contribution >= 0.6 is 0 Å². The SMILES string of the molecule is O=C(O)c1cc([N+](=O)[O-])c(CCc2ccccc2)c([N+](=O)[O-])c1. The second kappa shape index (κ2) is 6.65. The van der Waals surface area contributed by atoms with E-state index in [1.807, 2.05) is 18.2 Å². The number of aryl methyl sites for hydroxylation is 1. The van der Waals surface area contributed by atoms with Crippen molar-refractivity contribution in [1.29, 1.82) is 0 Å². The van der Waals surface area contributed by atoms with Crippen LogP contribution in [0.2, 0.25) is 0 Å². The van der Waals surface area contributed by atoms with Crippen LogP contribution in [0.25, 0.3) is 0 Å². The van der Waals surface area contributed by atoms with E-state index in [0.29, 0.717) is 6.42 Å². The third kappa shape index (κ3) is 3.67. The number of nitro groups is 2. The summed E-state index contributed by atoms with van der Waals surface area (Å²) in [4.78, 5) is 31.8. The van der Waals surface area contributed by atoms with Gasteiger partial charge in [-0.1, -0.05) is 30.3 Å². The van der Waals surface area contributed by atoms with E-state index in [1.54, 1.807) is 12.1 Å². The van der Waals surface area contributed by atoms with Gasteiger partial charge in [0.1, 0.15) is 5.56 Å². The van der Waals surface area contributed by atoms with Gasteiger partial charge in [0.2, 0.25) is 0 Å². The molecule has 0 radical (unpaired) electrons. The maximum absolute atomic E-state index is 11.2. The smallest absolute Gasteiger partial charge is 0.336 e. The molecule has 0 unspecified atom stereocenters. The molecule has 0 heterocycles. The first kappa shape index (κ1) is 16.1. The molecule has 0 atom stereocenters. The van der Waals surface area contributed by atoms with Crippen LogP contribution in [0.4, 0.5) is 11.4 Å². The lowest BCUT2D eigenvalue weighted by molar-refractivity contribution is -0.395. The van der Waals surface area contributed by atoms with Crippen molar-refractivity contribution in [1.82, 2.24) is 0 Å². The molecule has 0 saturated heterocycles. The Balaban J connectivity index is 2.48. The van der Waals surface area contributed by atoms with Gasteiger partial charge in [-0.15, -0.1) is 0 Å². The van der Waals surface area contributed by atoms with Crippen LogP contribution in [-0.4, -0.2) is 20.9 Å². The molecule has 8 heteroatoms. The van der Waals surface area contributed by atoms with Crippen LogP contribution in [0.15, 0.2) is 42.5 Å². The van der Waals surface area contributed by atoms with Crippen LogP contribution in [0.3, 0.4) is 0 Å².